The third-order valence-corrected chi connectivity index (χ3v) is 6.54. The van der Waals surface area contributed by atoms with Crippen LogP contribution in [-0.4, -0.2) is 59.9 Å². The SMILES string of the molecule is COc1ccc2[nH]cc(C3=CCN(CCNC4=C([NH2+]O)C(=O)c5ccccc5C4=O)CC3)c2c1. The van der Waals surface area contributed by atoms with Crippen molar-refractivity contribution < 1.29 is 25.0 Å². The minimum atomic E-state index is -0.346. The van der Waals surface area contributed by atoms with Crippen LogP contribution in [-0.2, 0) is 0 Å². The van der Waals surface area contributed by atoms with E-state index in [9.17, 15) is 14.8 Å². The number of benzene rings is 2. The van der Waals surface area contributed by atoms with E-state index in [1.807, 2.05) is 12.1 Å². The smallest absolute Gasteiger partial charge is 0.252 e. The van der Waals surface area contributed by atoms with E-state index in [0.29, 0.717) is 24.2 Å². The Morgan fingerprint density at radius 1 is 1.12 bits per heavy atom. The monoisotopic (exact) mass is 459 g/mol. The number of hydrogen-bond acceptors (Lipinski definition) is 6. The van der Waals surface area contributed by atoms with Crippen molar-refractivity contribution in [3.05, 3.63) is 82.8 Å². The normalized spacial score (nSPS) is 16.6. The van der Waals surface area contributed by atoms with Gasteiger partial charge in [-0.05, 0) is 30.2 Å². The molecular weight excluding hydrogens is 432 g/mol. The third-order valence-electron chi connectivity index (χ3n) is 6.54. The lowest BCUT2D eigenvalue weighted by molar-refractivity contribution is -0.846. The van der Waals surface area contributed by atoms with Crippen LogP contribution in [0.1, 0.15) is 32.7 Å². The second kappa shape index (κ2) is 9.26. The van der Waals surface area contributed by atoms with Crippen molar-refractivity contribution in [1.29, 1.82) is 0 Å². The number of quaternary nitrogens is 1. The van der Waals surface area contributed by atoms with Crippen LogP contribution in [0.4, 0.5) is 0 Å². The summed E-state index contributed by atoms with van der Waals surface area (Å²) in [4.78, 5) is 31.2. The van der Waals surface area contributed by atoms with Crippen molar-refractivity contribution in [1.82, 2.24) is 15.2 Å². The first kappa shape index (κ1) is 22.1. The zero-order chi connectivity index (χ0) is 23.7. The van der Waals surface area contributed by atoms with Gasteiger partial charge < -0.3 is 15.0 Å². The minimum absolute atomic E-state index is 0.0132. The van der Waals surface area contributed by atoms with Gasteiger partial charge in [-0.3, -0.25) is 14.5 Å². The number of aromatic nitrogens is 1. The number of Topliss-reactive ketones (excluding diaryl/α,β-unsaturated/α-hetero) is 2. The minimum Gasteiger partial charge on any atom is -0.497 e. The number of nitrogens with two attached hydrogens (primary N) is 1. The Morgan fingerprint density at radius 2 is 1.91 bits per heavy atom. The van der Waals surface area contributed by atoms with Gasteiger partial charge in [0.15, 0.2) is 5.70 Å². The molecule has 0 unspecified atom stereocenters. The molecule has 174 valence electrons. The fourth-order valence-corrected chi connectivity index (χ4v) is 4.68. The van der Waals surface area contributed by atoms with Crippen molar-refractivity contribution in [2.75, 3.05) is 33.3 Å². The molecule has 2 aromatic carbocycles. The molecule has 8 nitrogen and oxygen atoms in total. The highest BCUT2D eigenvalue weighted by molar-refractivity contribution is 6.25. The summed E-state index contributed by atoms with van der Waals surface area (Å²) in [6, 6.07) is 12.7. The summed E-state index contributed by atoms with van der Waals surface area (Å²) in [5, 5.41) is 13.9. The second-order valence-corrected chi connectivity index (χ2v) is 8.44. The van der Waals surface area contributed by atoms with Gasteiger partial charge in [0.05, 0.1) is 7.11 Å². The largest absolute Gasteiger partial charge is 0.497 e. The molecule has 1 aromatic heterocycles. The summed E-state index contributed by atoms with van der Waals surface area (Å²) < 4.78 is 5.38. The van der Waals surface area contributed by atoms with Crippen molar-refractivity contribution in [3.8, 4) is 5.75 Å². The lowest BCUT2D eigenvalue weighted by Crippen LogP contribution is -2.81. The molecule has 34 heavy (non-hydrogen) atoms. The number of ether oxygens (including phenoxy) is 1. The lowest BCUT2D eigenvalue weighted by atomic mass is 9.90. The Balaban J connectivity index is 1.24. The Kier molecular flexibility index (Phi) is 6.02. The molecule has 2 heterocycles. The summed E-state index contributed by atoms with van der Waals surface area (Å²) in [5.41, 5.74) is 5.17. The van der Waals surface area contributed by atoms with Crippen molar-refractivity contribution in [2.45, 2.75) is 6.42 Å². The van der Waals surface area contributed by atoms with Crippen LogP contribution in [0.5, 0.6) is 5.75 Å². The van der Waals surface area contributed by atoms with Gasteiger partial charge in [-0.2, -0.15) is 5.48 Å². The van der Waals surface area contributed by atoms with Crippen LogP contribution < -0.4 is 15.5 Å². The van der Waals surface area contributed by atoms with E-state index in [2.05, 4.69) is 33.5 Å². The zero-order valence-corrected chi connectivity index (χ0v) is 18.9. The second-order valence-electron chi connectivity index (χ2n) is 8.44. The van der Waals surface area contributed by atoms with Crippen LogP contribution >= 0.6 is 0 Å². The number of H-pyrrole nitrogens is 1. The number of allylic oxidation sites excluding steroid dienone is 2. The van der Waals surface area contributed by atoms with E-state index in [0.717, 1.165) is 41.6 Å². The number of nitrogens with zero attached hydrogens (tertiary/aromatic N) is 1. The van der Waals surface area contributed by atoms with E-state index in [-0.39, 0.29) is 23.0 Å². The number of methoxy groups -OCH3 is 1. The van der Waals surface area contributed by atoms with Gasteiger partial charge >= 0.3 is 0 Å². The van der Waals surface area contributed by atoms with Gasteiger partial charge in [0.2, 0.25) is 11.5 Å². The number of carbonyl (C=O) groups excluding carboxylic acids is 2. The van der Waals surface area contributed by atoms with E-state index in [1.54, 1.807) is 31.4 Å². The van der Waals surface area contributed by atoms with Crippen LogP contribution in [0.25, 0.3) is 16.5 Å². The third kappa shape index (κ3) is 3.92. The van der Waals surface area contributed by atoms with E-state index in [1.165, 1.54) is 11.1 Å². The number of fused-ring (bicyclic) bond motifs is 2. The van der Waals surface area contributed by atoms with Gasteiger partial charge in [0.25, 0.3) is 5.78 Å². The predicted octanol–water partition coefficient (Wildman–Crippen LogP) is 2.10. The molecule has 0 amide bonds. The predicted molar refractivity (Wildman–Crippen MR) is 128 cm³/mol. The number of carbonyl (C=O) groups is 2. The van der Waals surface area contributed by atoms with Gasteiger partial charge in [0.1, 0.15) is 5.75 Å². The Bertz CT molecular complexity index is 1340. The van der Waals surface area contributed by atoms with Gasteiger partial charge in [-0.1, -0.05) is 30.3 Å². The Hall–Kier alpha value is -3.72. The number of rotatable bonds is 7. The van der Waals surface area contributed by atoms with Gasteiger partial charge in [-0.15, -0.1) is 0 Å². The first-order valence-corrected chi connectivity index (χ1v) is 11.3. The molecule has 5 N–H and O–H groups in total. The summed E-state index contributed by atoms with van der Waals surface area (Å²) in [6.45, 7) is 2.87. The molecule has 0 saturated carbocycles. The summed E-state index contributed by atoms with van der Waals surface area (Å²) in [7, 11) is 1.67. The van der Waals surface area contributed by atoms with Crippen LogP contribution in [0, 0.1) is 0 Å². The maximum absolute atomic E-state index is 12.9. The maximum Gasteiger partial charge on any atom is 0.252 e. The number of ketones is 2. The van der Waals surface area contributed by atoms with Crippen LogP contribution in [0.15, 0.2) is 66.1 Å². The quantitative estimate of drug-likeness (QED) is 0.403. The fourth-order valence-electron chi connectivity index (χ4n) is 4.68. The van der Waals surface area contributed by atoms with E-state index >= 15 is 0 Å². The van der Waals surface area contributed by atoms with Gasteiger partial charge in [-0.25, -0.2) is 5.21 Å². The highest BCUT2D eigenvalue weighted by Crippen LogP contribution is 2.31. The summed E-state index contributed by atoms with van der Waals surface area (Å²) in [6.07, 6.45) is 5.20. The molecule has 3 aromatic rings. The molecule has 0 fully saturated rings. The molecule has 2 aliphatic rings. The van der Waals surface area contributed by atoms with E-state index < -0.39 is 0 Å². The van der Waals surface area contributed by atoms with Crippen LogP contribution in [0.3, 0.4) is 0 Å². The average molecular weight is 460 g/mol. The molecule has 8 heteroatoms. The number of aromatic amines is 1. The first-order valence-electron chi connectivity index (χ1n) is 11.3. The zero-order valence-electron chi connectivity index (χ0n) is 18.9. The fraction of sp³-hybridized carbons (Fsp3) is 0.231. The molecule has 0 spiro atoms. The number of nitrogens with one attached hydrogen (secondary N) is 2. The summed E-state index contributed by atoms with van der Waals surface area (Å²) >= 11 is 0. The Labute approximate surface area is 196 Å². The average Bonchev–Trinajstić information content (AvgIpc) is 3.30. The van der Waals surface area contributed by atoms with Crippen molar-refractivity contribution >= 4 is 28.0 Å². The summed E-state index contributed by atoms with van der Waals surface area (Å²) in [5.74, 6) is 0.219. The molecule has 5 rings (SSSR count). The van der Waals surface area contributed by atoms with Gasteiger partial charge in [0, 0.05) is 60.0 Å². The molecule has 1 aliphatic heterocycles. The number of hydrogen-bond donors (Lipinski definition) is 4. The topological polar surface area (TPSA) is 111 Å². The standard InChI is InChI=1S/C26H26N4O4/c1-34-17-6-7-22-20(14-17)21(15-28-22)16-8-11-30(12-9-16)13-10-27-23-24(29-33)26(32)19-5-3-2-4-18(19)25(23)31/h2-8,14-15,27-29,33H,9-13H2,1H3/p+1. The molecular formula is C26H27N4O4+. The number of hydroxylamine groups is 1. The highest BCUT2D eigenvalue weighted by Gasteiger charge is 2.35. The molecule has 0 saturated heterocycles. The maximum atomic E-state index is 12.9. The molecule has 0 atom stereocenters. The first-order chi connectivity index (χ1) is 16.6. The molecule has 1 aliphatic carbocycles. The lowest BCUT2D eigenvalue weighted by Gasteiger charge is -2.27. The Morgan fingerprint density at radius 3 is 2.62 bits per heavy atom. The van der Waals surface area contributed by atoms with Crippen molar-refractivity contribution in [2.24, 2.45) is 0 Å². The van der Waals surface area contributed by atoms with Crippen molar-refractivity contribution in [3.63, 3.8) is 0 Å². The van der Waals surface area contributed by atoms with E-state index in [4.69, 9.17) is 4.74 Å². The molecule has 0 radical (unpaired) electrons. The highest BCUT2D eigenvalue weighted by atomic mass is 16.5. The molecule has 0 bridgehead atoms. The van der Waals surface area contributed by atoms with Crippen LogP contribution in [0.2, 0.25) is 0 Å².